The van der Waals surface area contributed by atoms with Crippen molar-refractivity contribution >= 4 is 34.8 Å². The van der Waals surface area contributed by atoms with E-state index in [2.05, 4.69) is 10.3 Å². The van der Waals surface area contributed by atoms with Crippen LogP contribution in [0.5, 0.6) is 0 Å². The highest BCUT2D eigenvalue weighted by Crippen LogP contribution is 2.30. The Hall–Kier alpha value is -0.810. The molecule has 1 aromatic carbocycles. The van der Waals surface area contributed by atoms with E-state index in [0.29, 0.717) is 26.4 Å². The molecule has 0 aliphatic rings. The zero-order valence-corrected chi connectivity index (χ0v) is 11.0. The topological polar surface area (TPSA) is 50.9 Å². The Bertz CT molecular complexity index is 554. The van der Waals surface area contributed by atoms with Gasteiger partial charge in [-0.1, -0.05) is 40.0 Å². The van der Waals surface area contributed by atoms with Gasteiger partial charge >= 0.3 is 0 Å². The zero-order chi connectivity index (χ0) is 12.6. The Balaban J connectivity index is 2.49. The molecule has 0 saturated carbocycles. The van der Waals surface area contributed by atoms with Gasteiger partial charge in [-0.3, -0.25) is 0 Å². The summed E-state index contributed by atoms with van der Waals surface area (Å²) in [6, 6.07) is 3.12. The lowest BCUT2D eigenvalue weighted by Crippen LogP contribution is -1.96. The molecule has 0 amide bonds. The summed E-state index contributed by atoms with van der Waals surface area (Å²) in [4.78, 5) is 0. The average molecular weight is 293 g/mol. The number of nitrogens with zero attached hydrogens (tertiary/aromatic N) is 3. The summed E-state index contributed by atoms with van der Waals surface area (Å²) in [6.45, 7) is 1.60. The number of hydrogen-bond donors (Lipinski definition) is 1. The lowest BCUT2D eigenvalue weighted by molar-refractivity contribution is 0.194. The van der Waals surface area contributed by atoms with Crippen LogP contribution in [0.1, 0.15) is 18.7 Å². The molecule has 1 unspecified atom stereocenters. The van der Waals surface area contributed by atoms with E-state index >= 15 is 0 Å². The van der Waals surface area contributed by atoms with Crippen molar-refractivity contribution < 1.29 is 5.11 Å². The van der Waals surface area contributed by atoms with Gasteiger partial charge in [0, 0.05) is 0 Å². The van der Waals surface area contributed by atoms with Gasteiger partial charge in [-0.15, -0.1) is 5.10 Å². The van der Waals surface area contributed by atoms with E-state index in [4.69, 9.17) is 34.8 Å². The maximum atomic E-state index is 9.36. The quantitative estimate of drug-likeness (QED) is 0.864. The Morgan fingerprint density at radius 3 is 2.41 bits per heavy atom. The van der Waals surface area contributed by atoms with Gasteiger partial charge in [-0.25, -0.2) is 4.68 Å². The lowest BCUT2D eigenvalue weighted by atomic mass is 10.3. The second kappa shape index (κ2) is 4.82. The van der Waals surface area contributed by atoms with E-state index in [0.717, 1.165) is 0 Å². The van der Waals surface area contributed by atoms with Crippen LogP contribution >= 0.6 is 34.8 Å². The molecule has 1 heterocycles. The Labute approximate surface area is 113 Å². The molecule has 0 saturated heterocycles. The summed E-state index contributed by atoms with van der Waals surface area (Å²) >= 11 is 17.8. The van der Waals surface area contributed by atoms with Gasteiger partial charge in [-0.2, -0.15) is 0 Å². The maximum Gasteiger partial charge on any atom is 0.111 e. The molecule has 17 heavy (non-hydrogen) atoms. The molecular formula is C10H8Cl3N3O. The smallest absolute Gasteiger partial charge is 0.111 e. The molecule has 2 aromatic rings. The van der Waals surface area contributed by atoms with Gasteiger partial charge in [0.05, 0.1) is 33.1 Å². The summed E-state index contributed by atoms with van der Waals surface area (Å²) in [5.41, 5.74) is 1.01. The van der Waals surface area contributed by atoms with Crippen molar-refractivity contribution in [1.29, 1.82) is 0 Å². The first-order chi connectivity index (χ1) is 7.99. The number of aliphatic hydroxyl groups excluding tert-OH is 1. The third kappa shape index (κ3) is 2.55. The first-order valence-corrected chi connectivity index (χ1v) is 5.87. The molecule has 4 nitrogen and oxygen atoms in total. The van der Waals surface area contributed by atoms with Crippen LogP contribution in [0.3, 0.4) is 0 Å². The second-order valence-electron chi connectivity index (χ2n) is 3.48. The molecule has 1 aromatic heterocycles. The summed E-state index contributed by atoms with van der Waals surface area (Å²) in [5.74, 6) is 0. The number of aliphatic hydroxyl groups is 1. The number of benzene rings is 1. The third-order valence-corrected chi connectivity index (χ3v) is 3.20. The molecule has 0 spiro atoms. The predicted molar refractivity (Wildman–Crippen MR) is 67.0 cm³/mol. The zero-order valence-electron chi connectivity index (χ0n) is 8.73. The predicted octanol–water partition coefficient (Wildman–Crippen LogP) is 3.28. The van der Waals surface area contributed by atoms with Crippen LogP contribution in [0.25, 0.3) is 5.69 Å². The summed E-state index contributed by atoms with van der Waals surface area (Å²) in [6.07, 6.45) is 0.890. The Morgan fingerprint density at radius 1 is 1.18 bits per heavy atom. The average Bonchev–Trinajstić information content (AvgIpc) is 2.72. The number of aromatic nitrogens is 3. The van der Waals surface area contributed by atoms with Crippen LogP contribution in [0.2, 0.25) is 15.1 Å². The highest BCUT2D eigenvalue weighted by atomic mass is 35.5. The van der Waals surface area contributed by atoms with Gasteiger partial charge in [0.25, 0.3) is 0 Å². The first-order valence-electron chi connectivity index (χ1n) is 4.74. The minimum Gasteiger partial charge on any atom is -0.387 e. The van der Waals surface area contributed by atoms with Crippen molar-refractivity contribution in [3.05, 3.63) is 39.1 Å². The van der Waals surface area contributed by atoms with Crippen molar-refractivity contribution in [2.24, 2.45) is 0 Å². The fourth-order valence-electron chi connectivity index (χ4n) is 1.27. The molecule has 0 fully saturated rings. The molecule has 0 aliphatic heterocycles. The van der Waals surface area contributed by atoms with E-state index in [9.17, 15) is 5.11 Å². The Morgan fingerprint density at radius 2 is 1.82 bits per heavy atom. The van der Waals surface area contributed by atoms with Crippen LogP contribution in [0.4, 0.5) is 0 Å². The van der Waals surface area contributed by atoms with Gasteiger partial charge < -0.3 is 5.11 Å². The van der Waals surface area contributed by atoms with Gasteiger partial charge in [-0.05, 0) is 19.1 Å². The number of hydrogen-bond acceptors (Lipinski definition) is 3. The van der Waals surface area contributed by atoms with Crippen LogP contribution in [0, 0.1) is 0 Å². The highest BCUT2D eigenvalue weighted by Gasteiger charge is 2.12. The van der Waals surface area contributed by atoms with E-state index in [1.807, 2.05) is 0 Å². The van der Waals surface area contributed by atoms with Gasteiger partial charge in [0.2, 0.25) is 0 Å². The van der Waals surface area contributed by atoms with E-state index in [-0.39, 0.29) is 0 Å². The molecule has 7 heteroatoms. The van der Waals surface area contributed by atoms with Crippen molar-refractivity contribution in [1.82, 2.24) is 15.0 Å². The number of rotatable bonds is 2. The van der Waals surface area contributed by atoms with Crippen molar-refractivity contribution in [2.75, 3.05) is 0 Å². The van der Waals surface area contributed by atoms with Crippen molar-refractivity contribution in [3.63, 3.8) is 0 Å². The van der Waals surface area contributed by atoms with Crippen molar-refractivity contribution in [2.45, 2.75) is 13.0 Å². The van der Waals surface area contributed by atoms with Crippen LogP contribution in [0.15, 0.2) is 18.3 Å². The molecule has 0 radical (unpaired) electrons. The van der Waals surface area contributed by atoms with Crippen LogP contribution in [-0.4, -0.2) is 20.1 Å². The number of halogens is 3. The molecule has 1 atom stereocenters. The Kier molecular flexibility index (Phi) is 3.58. The third-order valence-electron chi connectivity index (χ3n) is 2.18. The SMILES string of the molecule is CC(O)c1cn(-c2cc(Cl)c(Cl)cc2Cl)nn1. The monoisotopic (exact) mass is 291 g/mol. The summed E-state index contributed by atoms with van der Waals surface area (Å²) < 4.78 is 1.44. The normalized spacial score (nSPS) is 12.8. The molecule has 90 valence electrons. The van der Waals surface area contributed by atoms with Gasteiger partial charge in [0.1, 0.15) is 5.69 Å². The standard InChI is InChI=1S/C10H8Cl3N3O/c1-5(17)9-4-16(15-14-9)10-3-7(12)6(11)2-8(10)13/h2-5,17H,1H3. The largest absolute Gasteiger partial charge is 0.387 e. The summed E-state index contributed by atoms with van der Waals surface area (Å²) in [5, 5.41) is 18.2. The van der Waals surface area contributed by atoms with Gasteiger partial charge in [0.15, 0.2) is 0 Å². The first kappa shape index (κ1) is 12.6. The highest BCUT2D eigenvalue weighted by molar-refractivity contribution is 6.43. The fraction of sp³-hybridized carbons (Fsp3) is 0.200. The summed E-state index contributed by atoms with van der Waals surface area (Å²) in [7, 11) is 0. The maximum absolute atomic E-state index is 9.36. The molecule has 1 N–H and O–H groups in total. The minimum atomic E-state index is -0.690. The van der Waals surface area contributed by atoms with Crippen molar-refractivity contribution in [3.8, 4) is 5.69 Å². The molecule has 0 bridgehead atoms. The lowest BCUT2D eigenvalue weighted by Gasteiger charge is -2.05. The van der Waals surface area contributed by atoms with E-state index in [1.54, 1.807) is 19.2 Å². The molecular weight excluding hydrogens is 284 g/mol. The minimum absolute atomic E-state index is 0.372. The van der Waals surface area contributed by atoms with E-state index in [1.165, 1.54) is 10.7 Å². The fourth-order valence-corrected chi connectivity index (χ4v) is 1.90. The molecule has 0 aliphatic carbocycles. The van der Waals surface area contributed by atoms with Crippen LogP contribution in [-0.2, 0) is 0 Å². The molecule has 2 rings (SSSR count). The van der Waals surface area contributed by atoms with Crippen LogP contribution < -0.4 is 0 Å². The second-order valence-corrected chi connectivity index (χ2v) is 4.70. The van der Waals surface area contributed by atoms with E-state index < -0.39 is 6.10 Å².